The van der Waals surface area contributed by atoms with Gasteiger partial charge in [-0.25, -0.2) is 17.2 Å². The predicted molar refractivity (Wildman–Crippen MR) is 168 cm³/mol. The molecule has 2 atom stereocenters. The highest BCUT2D eigenvalue weighted by molar-refractivity contribution is 7.89. The van der Waals surface area contributed by atoms with Crippen LogP contribution < -0.4 is 10.4 Å². The Morgan fingerprint density at radius 3 is 1.95 bits per heavy atom. The van der Waals surface area contributed by atoms with Crippen molar-refractivity contribution >= 4 is 40.3 Å². The quantitative estimate of drug-likeness (QED) is 0.226. The Balaban J connectivity index is 1.54. The molecule has 226 valence electrons. The van der Waals surface area contributed by atoms with E-state index in [1.807, 2.05) is 74.5 Å². The van der Waals surface area contributed by atoms with Crippen molar-refractivity contribution in [3.05, 3.63) is 125 Å². The molecular formula is C33H34ClF2NO4SSi. The lowest BCUT2D eigenvalue weighted by atomic mass is 9.99. The highest BCUT2D eigenvalue weighted by Crippen LogP contribution is 2.43. The zero-order chi connectivity index (χ0) is 30.8. The SMILES string of the molecule is CC(C)(CCC1COCC(c2cc(F)cc(F)c2)N1S(=O)(=O)c1ccc(Cl)cc1)[Si](O)(c1ccccc1)c1ccccc1. The maximum Gasteiger partial charge on any atom is 0.258 e. The molecule has 1 fully saturated rings. The predicted octanol–water partition coefficient (Wildman–Crippen LogP) is 6.06. The summed E-state index contributed by atoms with van der Waals surface area (Å²) in [7, 11) is -7.53. The molecule has 0 amide bonds. The lowest BCUT2D eigenvalue weighted by Crippen LogP contribution is -2.65. The summed E-state index contributed by atoms with van der Waals surface area (Å²) in [6.45, 7) is 4.05. The lowest BCUT2D eigenvalue weighted by molar-refractivity contribution is -0.0112. The van der Waals surface area contributed by atoms with Gasteiger partial charge in [0.15, 0.2) is 0 Å². The molecule has 1 aliphatic heterocycles. The van der Waals surface area contributed by atoms with E-state index in [2.05, 4.69) is 0 Å². The van der Waals surface area contributed by atoms with Gasteiger partial charge in [-0.15, -0.1) is 0 Å². The molecule has 1 N–H and O–H groups in total. The standard InChI is InChI=1S/C33H34ClF2NO4SSi/c1-33(2,43(40,30-9-5-3-6-10-30)31-11-7-4-8-12-31)18-17-28-22-41-23-32(24-19-26(35)21-27(36)20-24)37(28)42(38,39)29-15-13-25(34)14-16-29/h3-16,19-21,28,32,40H,17-18,22-23H2,1-2H3. The summed E-state index contributed by atoms with van der Waals surface area (Å²) in [5.41, 5.74) is 0.165. The zero-order valence-electron chi connectivity index (χ0n) is 24.0. The maximum absolute atomic E-state index is 14.3. The largest absolute Gasteiger partial charge is 0.424 e. The van der Waals surface area contributed by atoms with Gasteiger partial charge in [0.1, 0.15) is 11.6 Å². The first-order chi connectivity index (χ1) is 20.4. The van der Waals surface area contributed by atoms with Crippen molar-refractivity contribution in [2.75, 3.05) is 13.2 Å². The van der Waals surface area contributed by atoms with Gasteiger partial charge in [-0.3, -0.25) is 0 Å². The summed E-state index contributed by atoms with van der Waals surface area (Å²) in [4.78, 5) is 12.6. The summed E-state index contributed by atoms with van der Waals surface area (Å²) in [6.07, 6.45) is 0.785. The molecule has 0 saturated carbocycles. The number of hydrogen-bond acceptors (Lipinski definition) is 4. The van der Waals surface area contributed by atoms with Crippen molar-refractivity contribution in [2.45, 2.75) is 48.7 Å². The van der Waals surface area contributed by atoms with Gasteiger partial charge in [-0.1, -0.05) is 86.1 Å². The van der Waals surface area contributed by atoms with Crippen LogP contribution >= 0.6 is 11.6 Å². The van der Waals surface area contributed by atoms with Crippen molar-refractivity contribution in [3.63, 3.8) is 0 Å². The molecule has 1 aliphatic rings. The van der Waals surface area contributed by atoms with Crippen LogP contribution in [-0.2, 0) is 14.8 Å². The first kappa shape index (κ1) is 31.5. The van der Waals surface area contributed by atoms with Crippen LogP contribution in [0.5, 0.6) is 0 Å². The number of nitrogens with zero attached hydrogens (tertiary/aromatic N) is 1. The molecular weight excluding hydrogens is 608 g/mol. The number of halogens is 3. The first-order valence-corrected chi connectivity index (χ1v) is 17.9. The normalized spacial score (nSPS) is 18.5. The van der Waals surface area contributed by atoms with E-state index in [0.29, 0.717) is 17.9 Å². The van der Waals surface area contributed by atoms with Gasteiger partial charge >= 0.3 is 0 Å². The molecule has 0 bridgehead atoms. The van der Waals surface area contributed by atoms with E-state index in [1.54, 1.807) is 0 Å². The van der Waals surface area contributed by atoms with E-state index in [-0.39, 0.29) is 23.7 Å². The average molecular weight is 642 g/mol. The van der Waals surface area contributed by atoms with Crippen LogP contribution in [0.15, 0.2) is 108 Å². The molecule has 5 rings (SSSR count). The summed E-state index contributed by atoms with van der Waals surface area (Å²) < 4.78 is 64.4. The fourth-order valence-corrected chi connectivity index (χ4v) is 11.7. The molecule has 1 saturated heterocycles. The summed E-state index contributed by atoms with van der Waals surface area (Å²) >= 11 is 6.05. The highest BCUT2D eigenvalue weighted by atomic mass is 35.5. The average Bonchev–Trinajstić information content (AvgIpc) is 3.00. The van der Waals surface area contributed by atoms with E-state index in [0.717, 1.165) is 28.6 Å². The molecule has 43 heavy (non-hydrogen) atoms. The molecule has 1 heterocycles. The fourth-order valence-electron chi connectivity index (χ4n) is 6.05. The van der Waals surface area contributed by atoms with Crippen molar-refractivity contribution in [3.8, 4) is 0 Å². The van der Waals surface area contributed by atoms with Crippen LogP contribution in [0.1, 0.15) is 38.3 Å². The minimum atomic E-state index is -4.16. The van der Waals surface area contributed by atoms with Crippen LogP contribution in [0.3, 0.4) is 0 Å². The Labute approximate surface area is 257 Å². The monoisotopic (exact) mass is 641 g/mol. The number of hydrogen-bond donors (Lipinski definition) is 1. The number of ether oxygens (including phenoxy) is 1. The van der Waals surface area contributed by atoms with Gasteiger partial charge in [0.25, 0.3) is 8.32 Å². The molecule has 10 heteroatoms. The smallest absolute Gasteiger partial charge is 0.258 e. The Morgan fingerprint density at radius 1 is 0.884 bits per heavy atom. The third-order valence-electron chi connectivity index (χ3n) is 8.38. The molecule has 4 aromatic carbocycles. The summed E-state index contributed by atoms with van der Waals surface area (Å²) in [5.74, 6) is -1.60. The summed E-state index contributed by atoms with van der Waals surface area (Å²) in [5, 5.41) is 1.44. The molecule has 0 aromatic heterocycles. The number of rotatable bonds is 9. The first-order valence-electron chi connectivity index (χ1n) is 14.1. The second-order valence-corrected chi connectivity index (χ2v) is 17.8. The van der Waals surface area contributed by atoms with Gasteiger partial charge in [0, 0.05) is 17.1 Å². The highest BCUT2D eigenvalue weighted by Gasteiger charge is 2.51. The Morgan fingerprint density at radius 2 is 1.42 bits per heavy atom. The molecule has 0 radical (unpaired) electrons. The molecule has 5 nitrogen and oxygen atoms in total. The third kappa shape index (κ3) is 6.34. The van der Waals surface area contributed by atoms with Crippen LogP contribution in [0.4, 0.5) is 8.78 Å². The summed E-state index contributed by atoms with van der Waals surface area (Å²) in [6, 6.07) is 26.4. The van der Waals surface area contributed by atoms with E-state index in [1.165, 1.54) is 28.6 Å². The van der Waals surface area contributed by atoms with E-state index < -0.39 is 47.1 Å². The van der Waals surface area contributed by atoms with Gasteiger partial charge < -0.3 is 9.53 Å². The van der Waals surface area contributed by atoms with E-state index in [4.69, 9.17) is 16.3 Å². The van der Waals surface area contributed by atoms with Crippen LogP contribution in [0, 0.1) is 11.6 Å². The number of sulfonamides is 1. The molecule has 4 aromatic rings. The van der Waals surface area contributed by atoms with Gasteiger partial charge in [-0.2, -0.15) is 4.31 Å². The van der Waals surface area contributed by atoms with Crippen molar-refractivity contribution in [2.24, 2.45) is 0 Å². The van der Waals surface area contributed by atoms with Crippen molar-refractivity contribution in [1.82, 2.24) is 4.31 Å². The van der Waals surface area contributed by atoms with E-state index >= 15 is 0 Å². The molecule has 2 unspecified atom stereocenters. The minimum absolute atomic E-state index is 0.0180. The number of benzene rings is 4. The molecule has 0 aliphatic carbocycles. The van der Waals surface area contributed by atoms with E-state index in [9.17, 15) is 22.0 Å². The Hall–Kier alpha value is -2.92. The van der Waals surface area contributed by atoms with Crippen LogP contribution in [0.2, 0.25) is 10.1 Å². The fraction of sp³-hybridized carbons (Fsp3) is 0.273. The molecule has 0 spiro atoms. The maximum atomic E-state index is 14.3. The van der Waals surface area contributed by atoms with Crippen molar-refractivity contribution < 1.29 is 26.7 Å². The second kappa shape index (κ2) is 12.6. The minimum Gasteiger partial charge on any atom is -0.424 e. The topological polar surface area (TPSA) is 66.8 Å². The van der Waals surface area contributed by atoms with Crippen LogP contribution in [-0.4, -0.2) is 45.1 Å². The van der Waals surface area contributed by atoms with Gasteiger partial charge in [-0.05, 0) is 70.2 Å². The Bertz CT molecular complexity index is 1600. The second-order valence-electron chi connectivity index (χ2n) is 11.6. The zero-order valence-corrected chi connectivity index (χ0v) is 26.5. The van der Waals surface area contributed by atoms with Crippen molar-refractivity contribution in [1.29, 1.82) is 0 Å². The lowest BCUT2D eigenvalue weighted by Gasteiger charge is -2.45. The van der Waals surface area contributed by atoms with Gasteiger partial charge in [0.2, 0.25) is 10.0 Å². The van der Waals surface area contributed by atoms with Gasteiger partial charge in [0.05, 0.1) is 24.2 Å². The number of morpholine rings is 1. The Kier molecular flexibility index (Phi) is 9.22. The third-order valence-corrected chi connectivity index (χ3v) is 15.2. The van der Waals surface area contributed by atoms with Crippen LogP contribution in [0.25, 0.3) is 0 Å².